The minimum Gasteiger partial charge on any atom is -0.465 e. The van der Waals surface area contributed by atoms with E-state index in [4.69, 9.17) is 16.3 Å². The Morgan fingerprint density at radius 1 is 0.825 bits per heavy atom. The SMILES string of the molecule is COC(=O)c1c(NC(=O)C(Sc2cccc(NC(=O)/C(=C/c3cccc(Cl)c3)NC(=O)c3ccccc3)c2)c2ccccc2)sc2c1CCC(c1ccccc1)C2. The summed E-state index contributed by atoms with van der Waals surface area (Å²) in [5.41, 5.74) is 4.85. The van der Waals surface area contributed by atoms with E-state index < -0.39 is 23.0 Å². The lowest BCUT2D eigenvalue weighted by molar-refractivity contribution is -0.116. The van der Waals surface area contributed by atoms with Crippen LogP contribution in [0.3, 0.4) is 0 Å². The highest BCUT2D eigenvalue weighted by molar-refractivity contribution is 8.00. The van der Waals surface area contributed by atoms with Gasteiger partial charge in [-0.1, -0.05) is 109 Å². The summed E-state index contributed by atoms with van der Waals surface area (Å²) in [6, 6.07) is 42.5. The molecule has 3 N–H and O–H groups in total. The van der Waals surface area contributed by atoms with Crippen LogP contribution in [0.5, 0.6) is 0 Å². The second-order valence-corrected chi connectivity index (χ2v) is 16.1. The van der Waals surface area contributed by atoms with Crippen LogP contribution in [0.2, 0.25) is 5.02 Å². The highest BCUT2D eigenvalue weighted by atomic mass is 35.5. The van der Waals surface area contributed by atoms with E-state index in [0.29, 0.717) is 49.6 Å². The average molecular weight is 812 g/mol. The van der Waals surface area contributed by atoms with Gasteiger partial charge in [0.2, 0.25) is 5.91 Å². The van der Waals surface area contributed by atoms with E-state index in [1.165, 1.54) is 35.8 Å². The molecule has 11 heteroatoms. The van der Waals surface area contributed by atoms with Crippen molar-refractivity contribution in [2.75, 3.05) is 17.7 Å². The molecule has 3 amide bonds. The minimum atomic E-state index is -0.720. The Morgan fingerprint density at radius 2 is 1.53 bits per heavy atom. The molecule has 1 aromatic heterocycles. The molecule has 1 heterocycles. The van der Waals surface area contributed by atoms with Gasteiger partial charge >= 0.3 is 5.97 Å². The zero-order valence-electron chi connectivity index (χ0n) is 30.9. The van der Waals surface area contributed by atoms with Gasteiger partial charge in [0.25, 0.3) is 11.8 Å². The number of fused-ring (bicyclic) bond motifs is 1. The number of carbonyl (C=O) groups excluding carboxylic acids is 4. The van der Waals surface area contributed by atoms with Crippen LogP contribution < -0.4 is 16.0 Å². The summed E-state index contributed by atoms with van der Waals surface area (Å²) in [6.07, 6.45) is 3.92. The van der Waals surface area contributed by atoms with Crippen LogP contribution in [0.15, 0.2) is 150 Å². The van der Waals surface area contributed by atoms with Gasteiger partial charge in [0.15, 0.2) is 0 Å². The van der Waals surface area contributed by atoms with E-state index in [9.17, 15) is 19.2 Å². The number of rotatable bonds is 12. The summed E-state index contributed by atoms with van der Waals surface area (Å²) < 4.78 is 5.22. The van der Waals surface area contributed by atoms with E-state index in [2.05, 4.69) is 28.1 Å². The first kappa shape index (κ1) is 39.3. The first-order valence-electron chi connectivity index (χ1n) is 18.3. The van der Waals surface area contributed by atoms with Crippen molar-refractivity contribution in [2.24, 2.45) is 0 Å². The third kappa shape index (κ3) is 9.72. The molecule has 6 aromatic rings. The zero-order chi connectivity index (χ0) is 39.7. The van der Waals surface area contributed by atoms with Crippen LogP contribution >= 0.6 is 34.7 Å². The molecular formula is C46H38ClN3O5S2. The molecule has 1 aliphatic carbocycles. The fourth-order valence-electron chi connectivity index (χ4n) is 6.77. The van der Waals surface area contributed by atoms with Gasteiger partial charge in [0, 0.05) is 26.0 Å². The van der Waals surface area contributed by atoms with Crippen LogP contribution in [0.25, 0.3) is 6.08 Å². The molecule has 5 aromatic carbocycles. The number of ether oxygens (including phenoxy) is 1. The number of thiophene rings is 1. The number of esters is 1. The normalized spacial score (nSPS) is 14.1. The van der Waals surface area contributed by atoms with E-state index in [1.54, 1.807) is 78.9 Å². The van der Waals surface area contributed by atoms with E-state index >= 15 is 0 Å². The van der Waals surface area contributed by atoms with Crippen molar-refractivity contribution < 1.29 is 23.9 Å². The van der Waals surface area contributed by atoms with Crippen molar-refractivity contribution in [3.8, 4) is 0 Å². The Hall–Kier alpha value is -5.94. The van der Waals surface area contributed by atoms with Crippen molar-refractivity contribution in [3.05, 3.63) is 189 Å². The number of halogens is 1. The van der Waals surface area contributed by atoms with Crippen molar-refractivity contribution in [3.63, 3.8) is 0 Å². The molecule has 7 rings (SSSR count). The van der Waals surface area contributed by atoms with E-state index in [1.807, 2.05) is 54.6 Å². The fraction of sp³-hybridized carbons (Fsp3) is 0.130. The summed E-state index contributed by atoms with van der Waals surface area (Å²) in [5, 5.41) is 9.00. The van der Waals surface area contributed by atoms with Gasteiger partial charge in [-0.05, 0) is 96.0 Å². The molecule has 2 atom stereocenters. The molecule has 0 aliphatic heterocycles. The monoisotopic (exact) mass is 811 g/mol. The molecule has 2 unspecified atom stereocenters. The largest absolute Gasteiger partial charge is 0.465 e. The van der Waals surface area contributed by atoms with Gasteiger partial charge in [-0.15, -0.1) is 23.1 Å². The molecule has 1 aliphatic rings. The number of thioether (sulfide) groups is 1. The van der Waals surface area contributed by atoms with Gasteiger partial charge in [0.05, 0.1) is 12.7 Å². The lowest BCUT2D eigenvalue weighted by atomic mass is 9.83. The summed E-state index contributed by atoms with van der Waals surface area (Å²) >= 11 is 8.96. The maximum Gasteiger partial charge on any atom is 0.341 e. The molecule has 0 radical (unpaired) electrons. The standard InChI is InChI=1S/C46H38ClN3O5S2/c1-55-46(54)40-37-24-23-33(30-14-5-2-6-15-30)27-39(37)57-45(40)50-44(53)41(31-16-7-3-8-17-31)56-36-22-12-21-35(28-36)48-43(52)38(26-29-13-11-20-34(47)25-29)49-42(51)32-18-9-4-10-19-32/h2-22,25-26,28,33,41H,23-24,27H2,1H3,(H,48,52)(H,49,51)(H,50,53)/b38-26-. The van der Waals surface area contributed by atoms with Gasteiger partial charge < -0.3 is 20.7 Å². The topological polar surface area (TPSA) is 114 Å². The summed E-state index contributed by atoms with van der Waals surface area (Å²) in [4.78, 5) is 56.3. The highest BCUT2D eigenvalue weighted by Gasteiger charge is 2.32. The fourth-order valence-corrected chi connectivity index (χ4v) is 9.37. The lowest BCUT2D eigenvalue weighted by Gasteiger charge is -2.22. The highest BCUT2D eigenvalue weighted by Crippen LogP contribution is 2.44. The Kier molecular flexibility index (Phi) is 12.6. The predicted molar refractivity (Wildman–Crippen MR) is 229 cm³/mol. The number of amides is 3. The van der Waals surface area contributed by atoms with Crippen LogP contribution in [0.4, 0.5) is 10.7 Å². The molecule has 0 spiro atoms. The zero-order valence-corrected chi connectivity index (χ0v) is 33.3. The second-order valence-electron chi connectivity index (χ2n) is 13.4. The third-order valence-electron chi connectivity index (χ3n) is 9.54. The van der Waals surface area contributed by atoms with Gasteiger partial charge in [-0.25, -0.2) is 4.79 Å². The minimum absolute atomic E-state index is 0.0147. The first-order valence-corrected chi connectivity index (χ1v) is 20.4. The maximum absolute atomic E-state index is 14.3. The Bertz CT molecular complexity index is 2440. The molecule has 0 saturated carbocycles. The molecule has 0 bridgehead atoms. The number of carbonyl (C=O) groups is 4. The molecular weight excluding hydrogens is 774 g/mol. The van der Waals surface area contributed by atoms with Crippen molar-refractivity contribution in [1.29, 1.82) is 0 Å². The second kappa shape index (κ2) is 18.3. The molecule has 0 saturated heterocycles. The molecule has 8 nitrogen and oxygen atoms in total. The number of benzene rings is 5. The van der Waals surface area contributed by atoms with Gasteiger partial charge in [0.1, 0.15) is 15.9 Å². The van der Waals surface area contributed by atoms with E-state index in [-0.39, 0.29) is 11.6 Å². The Labute approximate surface area is 344 Å². The first-order chi connectivity index (χ1) is 27.7. The Morgan fingerprint density at radius 3 is 2.25 bits per heavy atom. The molecule has 57 heavy (non-hydrogen) atoms. The maximum atomic E-state index is 14.3. The third-order valence-corrected chi connectivity index (χ3v) is 12.2. The van der Waals surface area contributed by atoms with Crippen LogP contribution in [0, 0.1) is 0 Å². The summed E-state index contributed by atoms with van der Waals surface area (Å²) in [6.45, 7) is 0. The van der Waals surface area contributed by atoms with Crippen LogP contribution in [0.1, 0.15) is 65.4 Å². The number of methoxy groups -OCH3 is 1. The number of anilines is 2. The summed E-state index contributed by atoms with van der Waals surface area (Å²) in [5.74, 6) is -1.46. The average Bonchev–Trinajstić information content (AvgIpc) is 3.60. The molecule has 0 fully saturated rings. The van der Waals surface area contributed by atoms with Crippen molar-refractivity contribution in [1.82, 2.24) is 5.32 Å². The quantitative estimate of drug-likeness (QED) is 0.0644. The van der Waals surface area contributed by atoms with Crippen molar-refractivity contribution >= 4 is 75.2 Å². The van der Waals surface area contributed by atoms with Gasteiger partial charge in [-0.2, -0.15) is 0 Å². The van der Waals surface area contributed by atoms with Crippen molar-refractivity contribution in [2.45, 2.75) is 35.3 Å². The predicted octanol–water partition coefficient (Wildman–Crippen LogP) is 10.3. The van der Waals surface area contributed by atoms with Gasteiger partial charge in [-0.3, -0.25) is 14.4 Å². The van der Waals surface area contributed by atoms with Crippen LogP contribution in [-0.4, -0.2) is 30.8 Å². The lowest BCUT2D eigenvalue weighted by Crippen LogP contribution is -2.30. The number of hydrogen-bond donors (Lipinski definition) is 3. The Balaban J connectivity index is 1.13. The molecule has 286 valence electrons. The number of nitrogens with one attached hydrogen (secondary N) is 3. The summed E-state index contributed by atoms with van der Waals surface area (Å²) in [7, 11) is 1.36. The van der Waals surface area contributed by atoms with E-state index in [0.717, 1.165) is 28.8 Å². The smallest absolute Gasteiger partial charge is 0.341 e. The van der Waals surface area contributed by atoms with Crippen LogP contribution in [-0.2, 0) is 27.2 Å². The number of hydrogen-bond acceptors (Lipinski definition) is 7.